The maximum Gasteiger partial charge on any atom is 0.307 e. The molecule has 3 nitrogen and oxygen atoms in total. The van der Waals surface area contributed by atoms with Gasteiger partial charge < -0.3 is 5.11 Å². The first kappa shape index (κ1) is 11.3. The smallest absolute Gasteiger partial charge is 0.307 e. The first-order chi connectivity index (χ1) is 8.16. The largest absolute Gasteiger partial charge is 0.481 e. The van der Waals surface area contributed by atoms with E-state index in [1.807, 2.05) is 30.3 Å². The van der Waals surface area contributed by atoms with Crippen LogP contribution in [0.3, 0.4) is 0 Å². The number of nitrogens with zero attached hydrogens (tertiary/aromatic N) is 1. The highest BCUT2D eigenvalue weighted by Crippen LogP contribution is 2.20. The minimum Gasteiger partial charge on any atom is -0.481 e. The minimum absolute atomic E-state index is 0.0962. The Hall–Kier alpha value is -2.23. The molecule has 0 saturated heterocycles. The van der Waals surface area contributed by atoms with Crippen molar-refractivity contribution in [2.45, 2.75) is 6.42 Å². The molecule has 0 atom stereocenters. The molecule has 0 unspecified atom stereocenters. The Morgan fingerprint density at radius 1 is 1.24 bits per heavy atom. The van der Waals surface area contributed by atoms with E-state index in [2.05, 4.69) is 4.98 Å². The summed E-state index contributed by atoms with van der Waals surface area (Å²) in [5, 5.41) is 8.66. The normalized spacial score (nSPS) is 10.2. The van der Waals surface area contributed by atoms with Gasteiger partial charge in [-0.25, -0.2) is 4.98 Å². The third kappa shape index (κ3) is 2.66. The lowest BCUT2D eigenvalue weighted by Crippen LogP contribution is -2.04. The molecule has 2 rings (SSSR count). The van der Waals surface area contributed by atoms with Gasteiger partial charge in [-0.05, 0) is 11.6 Å². The van der Waals surface area contributed by atoms with Crippen LogP contribution in [0.4, 0.5) is 4.39 Å². The number of pyridine rings is 1. The van der Waals surface area contributed by atoms with Gasteiger partial charge in [0.1, 0.15) is 0 Å². The van der Waals surface area contributed by atoms with Gasteiger partial charge in [-0.15, -0.1) is 0 Å². The maximum absolute atomic E-state index is 13.3. The van der Waals surface area contributed by atoms with Crippen LogP contribution in [0.15, 0.2) is 42.6 Å². The van der Waals surface area contributed by atoms with Crippen molar-refractivity contribution in [3.63, 3.8) is 0 Å². The summed E-state index contributed by atoms with van der Waals surface area (Å²) in [6, 6.07) is 10.8. The van der Waals surface area contributed by atoms with Gasteiger partial charge in [0, 0.05) is 17.3 Å². The van der Waals surface area contributed by atoms with Crippen LogP contribution in [-0.4, -0.2) is 16.1 Å². The van der Waals surface area contributed by atoms with Crippen molar-refractivity contribution < 1.29 is 14.3 Å². The molecule has 1 aromatic carbocycles. The number of rotatable bonds is 3. The molecule has 0 fully saturated rings. The van der Waals surface area contributed by atoms with Crippen molar-refractivity contribution in [1.82, 2.24) is 4.98 Å². The number of aromatic nitrogens is 1. The van der Waals surface area contributed by atoms with E-state index in [-0.39, 0.29) is 12.0 Å². The highest BCUT2D eigenvalue weighted by atomic mass is 19.1. The van der Waals surface area contributed by atoms with Crippen LogP contribution in [0.5, 0.6) is 0 Å². The molecule has 2 aromatic rings. The van der Waals surface area contributed by atoms with Crippen LogP contribution in [0.2, 0.25) is 0 Å². The standard InChI is InChI=1S/C13H10FNO2/c14-13-10(7-12(16)17)6-11(8-15-13)9-4-2-1-3-5-9/h1-6,8H,7H2,(H,16,17). The monoisotopic (exact) mass is 231 g/mol. The molecule has 0 radical (unpaired) electrons. The lowest BCUT2D eigenvalue weighted by molar-refractivity contribution is -0.136. The van der Waals surface area contributed by atoms with Crippen molar-refractivity contribution in [2.75, 3.05) is 0 Å². The van der Waals surface area contributed by atoms with E-state index >= 15 is 0 Å². The highest BCUT2D eigenvalue weighted by Gasteiger charge is 2.09. The van der Waals surface area contributed by atoms with E-state index in [1.54, 1.807) is 0 Å². The Morgan fingerprint density at radius 2 is 1.94 bits per heavy atom. The van der Waals surface area contributed by atoms with Gasteiger partial charge in [0.05, 0.1) is 6.42 Å². The van der Waals surface area contributed by atoms with Crippen LogP contribution < -0.4 is 0 Å². The number of halogens is 1. The molecule has 1 N–H and O–H groups in total. The summed E-state index contributed by atoms with van der Waals surface area (Å²) in [6.45, 7) is 0. The van der Waals surface area contributed by atoms with Crippen LogP contribution in [0.1, 0.15) is 5.56 Å². The second-order valence-electron chi connectivity index (χ2n) is 3.61. The summed E-state index contributed by atoms with van der Waals surface area (Å²) in [7, 11) is 0. The summed E-state index contributed by atoms with van der Waals surface area (Å²) >= 11 is 0. The van der Waals surface area contributed by atoms with Crippen LogP contribution >= 0.6 is 0 Å². The summed E-state index contributed by atoms with van der Waals surface area (Å²) in [6.07, 6.45) is 1.04. The molecule has 0 aliphatic rings. The molecule has 0 spiro atoms. The van der Waals surface area contributed by atoms with Gasteiger partial charge in [0.25, 0.3) is 0 Å². The highest BCUT2D eigenvalue weighted by molar-refractivity contribution is 5.71. The van der Waals surface area contributed by atoms with Crippen LogP contribution in [0.25, 0.3) is 11.1 Å². The molecular formula is C13H10FNO2. The number of hydrogen-bond acceptors (Lipinski definition) is 2. The molecule has 0 aliphatic carbocycles. The Morgan fingerprint density at radius 3 is 2.59 bits per heavy atom. The summed E-state index contributed by atoms with van der Waals surface area (Å²) in [5.74, 6) is -1.80. The molecule has 0 saturated carbocycles. The zero-order valence-electron chi connectivity index (χ0n) is 8.93. The first-order valence-corrected chi connectivity index (χ1v) is 5.08. The number of carboxylic acids is 1. The van der Waals surface area contributed by atoms with Crippen molar-refractivity contribution in [3.05, 3.63) is 54.1 Å². The molecule has 0 aliphatic heterocycles. The van der Waals surface area contributed by atoms with Crippen molar-refractivity contribution in [3.8, 4) is 11.1 Å². The number of carboxylic acid groups (broad SMARTS) is 1. The fourth-order valence-electron chi connectivity index (χ4n) is 1.57. The van der Waals surface area contributed by atoms with Gasteiger partial charge in [-0.2, -0.15) is 4.39 Å². The number of aliphatic carboxylic acids is 1. The third-order valence-electron chi connectivity index (χ3n) is 2.36. The second-order valence-corrected chi connectivity index (χ2v) is 3.61. The Labute approximate surface area is 97.6 Å². The Bertz CT molecular complexity index is 540. The van der Waals surface area contributed by atoms with E-state index < -0.39 is 11.9 Å². The van der Waals surface area contributed by atoms with Gasteiger partial charge >= 0.3 is 5.97 Å². The second kappa shape index (κ2) is 4.74. The minimum atomic E-state index is -1.07. The topological polar surface area (TPSA) is 50.2 Å². The SMILES string of the molecule is O=C(O)Cc1cc(-c2ccccc2)cnc1F. The van der Waals surface area contributed by atoms with E-state index in [1.165, 1.54) is 12.3 Å². The van der Waals surface area contributed by atoms with Crippen molar-refractivity contribution >= 4 is 5.97 Å². The van der Waals surface area contributed by atoms with Gasteiger partial charge in [-0.1, -0.05) is 30.3 Å². The van der Waals surface area contributed by atoms with Gasteiger partial charge in [0.2, 0.25) is 5.95 Å². The molecule has 86 valence electrons. The molecule has 4 heteroatoms. The molecule has 0 amide bonds. The van der Waals surface area contributed by atoms with Crippen molar-refractivity contribution in [1.29, 1.82) is 0 Å². The lowest BCUT2D eigenvalue weighted by atomic mass is 10.0. The third-order valence-corrected chi connectivity index (χ3v) is 2.36. The number of carbonyl (C=O) groups is 1. The summed E-state index contributed by atoms with van der Waals surface area (Å²) in [5.41, 5.74) is 1.69. The maximum atomic E-state index is 13.3. The predicted octanol–water partition coefficient (Wildman–Crippen LogP) is 2.51. The molecule has 1 aromatic heterocycles. The number of hydrogen-bond donors (Lipinski definition) is 1. The van der Waals surface area contributed by atoms with Crippen LogP contribution in [-0.2, 0) is 11.2 Å². The van der Waals surface area contributed by atoms with E-state index in [4.69, 9.17) is 5.11 Å². The van der Waals surface area contributed by atoms with Crippen LogP contribution in [0, 0.1) is 5.95 Å². The predicted molar refractivity (Wildman–Crippen MR) is 61.0 cm³/mol. The molecule has 17 heavy (non-hydrogen) atoms. The zero-order valence-corrected chi connectivity index (χ0v) is 8.93. The Kier molecular flexibility index (Phi) is 3.14. The zero-order chi connectivity index (χ0) is 12.3. The average molecular weight is 231 g/mol. The van der Waals surface area contributed by atoms with E-state index in [9.17, 15) is 9.18 Å². The fourth-order valence-corrected chi connectivity index (χ4v) is 1.57. The Balaban J connectivity index is 2.41. The van der Waals surface area contributed by atoms with E-state index in [0.29, 0.717) is 5.56 Å². The molecular weight excluding hydrogens is 221 g/mol. The van der Waals surface area contributed by atoms with Gasteiger partial charge in [-0.3, -0.25) is 4.79 Å². The lowest BCUT2D eigenvalue weighted by Gasteiger charge is -2.04. The van der Waals surface area contributed by atoms with Crippen molar-refractivity contribution in [2.24, 2.45) is 0 Å². The molecule has 0 bridgehead atoms. The van der Waals surface area contributed by atoms with E-state index in [0.717, 1.165) is 5.56 Å². The average Bonchev–Trinajstić information content (AvgIpc) is 2.32. The van der Waals surface area contributed by atoms with Gasteiger partial charge in [0.15, 0.2) is 0 Å². The first-order valence-electron chi connectivity index (χ1n) is 5.08. The number of benzene rings is 1. The fraction of sp³-hybridized carbons (Fsp3) is 0.0769. The quantitative estimate of drug-likeness (QED) is 0.826. The molecule has 1 heterocycles. The summed E-state index contributed by atoms with van der Waals surface area (Å²) in [4.78, 5) is 14.2. The summed E-state index contributed by atoms with van der Waals surface area (Å²) < 4.78 is 13.3.